The number of nitro groups is 1. The van der Waals surface area contributed by atoms with Gasteiger partial charge in [0.1, 0.15) is 0 Å². The van der Waals surface area contributed by atoms with E-state index in [-0.39, 0.29) is 5.69 Å². The third-order valence-electron chi connectivity index (χ3n) is 1.82. The second kappa shape index (κ2) is 5.48. The van der Waals surface area contributed by atoms with Crippen molar-refractivity contribution in [3.63, 3.8) is 0 Å². The molecule has 2 rings (SSSR count). The van der Waals surface area contributed by atoms with E-state index in [0.717, 1.165) is 4.34 Å². The molecule has 0 atom stereocenters. The van der Waals surface area contributed by atoms with E-state index >= 15 is 0 Å². The Morgan fingerprint density at radius 3 is 2.65 bits per heavy atom. The second-order valence-corrected chi connectivity index (χ2v) is 6.18. The Balaban J connectivity index is 2.26. The summed E-state index contributed by atoms with van der Waals surface area (Å²) < 4.78 is 1.56. The summed E-state index contributed by atoms with van der Waals surface area (Å²) in [5.41, 5.74) is 0.0957. The van der Waals surface area contributed by atoms with Crippen LogP contribution in [0.25, 0.3) is 0 Å². The summed E-state index contributed by atoms with van der Waals surface area (Å²) in [6, 6.07) is 6.61. The quantitative estimate of drug-likeness (QED) is 0.487. The first-order chi connectivity index (χ1) is 8.20. The highest BCUT2D eigenvalue weighted by Crippen LogP contribution is 2.37. The van der Waals surface area contributed by atoms with Crippen molar-refractivity contribution in [3.05, 3.63) is 34.4 Å². The van der Waals surface area contributed by atoms with Crippen molar-refractivity contribution in [1.29, 1.82) is 0 Å². The molecule has 0 spiro atoms. The van der Waals surface area contributed by atoms with E-state index in [1.54, 1.807) is 18.2 Å². The van der Waals surface area contributed by atoms with E-state index < -0.39 is 4.92 Å². The molecule has 1 heterocycles. The summed E-state index contributed by atoms with van der Waals surface area (Å²) in [6.07, 6.45) is 1.92. The van der Waals surface area contributed by atoms with Crippen LogP contribution in [-0.4, -0.2) is 21.4 Å². The molecule has 17 heavy (non-hydrogen) atoms. The standard InChI is InChI=1S/C9H7N3O2S3/c1-15-8-10-11-9(17-8)16-7-5-3-2-4-6(7)12(13)14/h2-5H,1H3. The Morgan fingerprint density at radius 2 is 2.00 bits per heavy atom. The highest BCUT2D eigenvalue weighted by Gasteiger charge is 2.15. The Labute approximate surface area is 110 Å². The first-order valence-electron chi connectivity index (χ1n) is 4.49. The molecule has 0 aliphatic heterocycles. The smallest absolute Gasteiger partial charge is 0.258 e. The first-order valence-corrected chi connectivity index (χ1v) is 7.35. The van der Waals surface area contributed by atoms with Crippen LogP contribution >= 0.6 is 34.9 Å². The van der Waals surface area contributed by atoms with Crippen LogP contribution in [0.3, 0.4) is 0 Å². The highest BCUT2D eigenvalue weighted by atomic mass is 32.2. The molecule has 0 N–H and O–H groups in total. The molecule has 0 unspecified atom stereocenters. The lowest BCUT2D eigenvalue weighted by Crippen LogP contribution is -1.89. The van der Waals surface area contributed by atoms with Crippen LogP contribution in [-0.2, 0) is 0 Å². The number of nitrogens with zero attached hydrogens (tertiary/aromatic N) is 3. The van der Waals surface area contributed by atoms with E-state index in [0.29, 0.717) is 9.24 Å². The molecule has 0 bridgehead atoms. The van der Waals surface area contributed by atoms with Crippen molar-refractivity contribution in [1.82, 2.24) is 10.2 Å². The second-order valence-electron chi connectivity index (χ2n) is 2.86. The fraction of sp³-hybridized carbons (Fsp3) is 0.111. The average Bonchev–Trinajstić information content (AvgIpc) is 2.77. The lowest BCUT2D eigenvalue weighted by molar-refractivity contribution is -0.387. The van der Waals surface area contributed by atoms with Crippen molar-refractivity contribution in [2.45, 2.75) is 13.6 Å². The maximum absolute atomic E-state index is 10.8. The van der Waals surface area contributed by atoms with Crippen molar-refractivity contribution in [3.8, 4) is 0 Å². The molecule has 2 aromatic rings. The van der Waals surface area contributed by atoms with E-state index in [9.17, 15) is 10.1 Å². The van der Waals surface area contributed by atoms with Gasteiger partial charge >= 0.3 is 0 Å². The predicted molar refractivity (Wildman–Crippen MR) is 68.9 cm³/mol. The normalized spacial score (nSPS) is 10.4. The van der Waals surface area contributed by atoms with Gasteiger partial charge < -0.3 is 0 Å². The zero-order valence-electron chi connectivity index (χ0n) is 8.69. The number of rotatable bonds is 4. The Kier molecular flexibility index (Phi) is 3.97. The maximum Gasteiger partial charge on any atom is 0.283 e. The third kappa shape index (κ3) is 2.96. The third-order valence-corrected chi connectivity index (χ3v) is 4.84. The van der Waals surface area contributed by atoms with Gasteiger partial charge in [0.05, 0.1) is 9.82 Å². The molecule has 0 amide bonds. The molecule has 1 aromatic heterocycles. The minimum absolute atomic E-state index is 0.0957. The van der Waals surface area contributed by atoms with E-state index in [2.05, 4.69) is 10.2 Å². The van der Waals surface area contributed by atoms with Gasteiger partial charge in [-0.2, -0.15) is 0 Å². The van der Waals surface area contributed by atoms with Crippen molar-refractivity contribution < 1.29 is 4.92 Å². The summed E-state index contributed by atoms with van der Waals surface area (Å²) in [5, 5.41) is 18.7. The molecule has 0 radical (unpaired) electrons. The van der Waals surface area contributed by atoms with Gasteiger partial charge in [0, 0.05) is 6.07 Å². The van der Waals surface area contributed by atoms with E-state index in [1.807, 2.05) is 6.26 Å². The zero-order valence-corrected chi connectivity index (χ0v) is 11.1. The lowest BCUT2D eigenvalue weighted by atomic mass is 10.3. The molecule has 0 fully saturated rings. The number of nitro benzene ring substituents is 1. The van der Waals surface area contributed by atoms with Crippen LogP contribution in [0.4, 0.5) is 5.69 Å². The topological polar surface area (TPSA) is 68.9 Å². The molecule has 8 heteroatoms. The predicted octanol–water partition coefficient (Wildman–Crippen LogP) is 3.32. The van der Waals surface area contributed by atoms with Gasteiger partial charge in [0.15, 0.2) is 8.68 Å². The summed E-state index contributed by atoms with van der Waals surface area (Å²) in [4.78, 5) is 11.0. The Morgan fingerprint density at radius 1 is 1.29 bits per heavy atom. The average molecular weight is 285 g/mol. The van der Waals surface area contributed by atoms with Crippen LogP contribution in [0.5, 0.6) is 0 Å². The van der Waals surface area contributed by atoms with Gasteiger partial charge in [-0.25, -0.2) is 0 Å². The van der Waals surface area contributed by atoms with E-state index in [4.69, 9.17) is 0 Å². The Bertz CT molecular complexity index is 544. The minimum atomic E-state index is -0.390. The molecule has 0 saturated heterocycles. The molecule has 1 aromatic carbocycles. The maximum atomic E-state index is 10.8. The SMILES string of the molecule is CSc1nnc(Sc2ccccc2[N+](=O)[O-])s1. The van der Waals surface area contributed by atoms with Gasteiger partial charge in [-0.3, -0.25) is 10.1 Å². The number of para-hydroxylation sites is 1. The number of aromatic nitrogens is 2. The lowest BCUT2D eigenvalue weighted by Gasteiger charge is -1.98. The summed E-state index contributed by atoms with van der Waals surface area (Å²) in [6.45, 7) is 0. The van der Waals surface area contributed by atoms with Gasteiger partial charge in [-0.1, -0.05) is 47.0 Å². The molecule has 0 aliphatic rings. The van der Waals surface area contributed by atoms with Crippen LogP contribution in [0.15, 0.2) is 37.8 Å². The molecule has 0 aliphatic carbocycles. The summed E-state index contributed by atoms with van der Waals surface area (Å²) in [7, 11) is 0. The van der Waals surface area contributed by atoms with Crippen molar-refractivity contribution >= 4 is 40.5 Å². The van der Waals surface area contributed by atoms with Gasteiger partial charge in [-0.15, -0.1) is 10.2 Å². The zero-order chi connectivity index (χ0) is 12.3. The molecular weight excluding hydrogens is 278 g/mol. The fourth-order valence-electron chi connectivity index (χ4n) is 1.11. The van der Waals surface area contributed by atoms with Crippen LogP contribution in [0, 0.1) is 10.1 Å². The molecule has 5 nitrogen and oxygen atoms in total. The largest absolute Gasteiger partial charge is 0.283 e. The molecule has 0 saturated carbocycles. The molecular formula is C9H7N3O2S3. The van der Waals surface area contributed by atoms with Crippen LogP contribution in [0.1, 0.15) is 0 Å². The summed E-state index contributed by atoms with van der Waals surface area (Å²) in [5.74, 6) is 0. The van der Waals surface area contributed by atoms with Crippen molar-refractivity contribution in [2.24, 2.45) is 0 Å². The van der Waals surface area contributed by atoms with Crippen LogP contribution < -0.4 is 0 Å². The number of hydrogen-bond acceptors (Lipinski definition) is 7. The van der Waals surface area contributed by atoms with Crippen molar-refractivity contribution in [2.75, 3.05) is 6.26 Å². The Hall–Kier alpha value is -1.12. The molecule has 88 valence electrons. The number of benzene rings is 1. The minimum Gasteiger partial charge on any atom is -0.258 e. The van der Waals surface area contributed by atoms with Gasteiger partial charge in [-0.05, 0) is 12.3 Å². The number of thioether (sulfide) groups is 1. The first kappa shape index (κ1) is 12.3. The highest BCUT2D eigenvalue weighted by molar-refractivity contribution is 8.03. The van der Waals surface area contributed by atoms with E-state index in [1.165, 1.54) is 40.9 Å². The fourth-order valence-corrected chi connectivity index (χ4v) is 3.61. The summed E-state index contributed by atoms with van der Waals surface area (Å²) >= 11 is 4.21. The monoisotopic (exact) mass is 285 g/mol. The van der Waals surface area contributed by atoms with Crippen LogP contribution in [0.2, 0.25) is 0 Å². The number of hydrogen-bond donors (Lipinski definition) is 0. The van der Waals surface area contributed by atoms with Gasteiger partial charge in [0.2, 0.25) is 0 Å². The van der Waals surface area contributed by atoms with Gasteiger partial charge in [0.25, 0.3) is 5.69 Å².